The molecular weight excluding hydrogens is 420 g/mol. The topological polar surface area (TPSA) is 64.6 Å². The molecule has 0 radical (unpaired) electrons. The number of aryl methyl sites for hydroxylation is 1. The highest BCUT2D eigenvalue weighted by Gasteiger charge is 2.22. The van der Waals surface area contributed by atoms with Crippen molar-refractivity contribution in [1.29, 1.82) is 0 Å². The lowest BCUT2D eigenvalue weighted by atomic mass is 10.1. The van der Waals surface area contributed by atoms with Gasteiger partial charge < -0.3 is 14.4 Å². The molecule has 0 unspecified atom stereocenters. The first-order chi connectivity index (χ1) is 14.6. The van der Waals surface area contributed by atoms with E-state index in [-0.39, 0.29) is 6.61 Å². The van der Waals surface area contributed by atoms with Crippen LogP contribution in [-0.4, -0.2) is 31.4 Å². The third kappa shape index (κ3) is 3.06. The second-order valence-corrected chi connectivity index (χ2v) is 8.43. The average molecular weight is 439 g/mol. The lowest BCUT2D eigenvalue weighted by Gasteiger charge is -2.11. The van der Waals surface area contributed by atoms with Crippen LogP contribution in [-0.2, 0) is 13.2 Å². The molecule has 5 aromatic rings. The van der Waals surface area contributed by atoms with E-state index in [4.69, 9.17) is 21.3 Å². The highest BCUT2D eigenvalue weighted by Crippen LogP contribution is 2.37. The molecule has 0 aliphatic rings. The fraction of sp³-hybridized carbons (Fsp3) is 0.182. The second-order valence-electron chi connectivity index (χ2n) is 7.10. The first-order valence-corrected chi connectivity index (χ1v) is 10.6. The quantitative estimate of drug-likeness (QED) is 0.423. The van der Waals surface area contributed by atoms with Crippen LogP contribution in [0, 0.1) is 6.92 Å². The minimum Gasteiger partial charge on any atom is -0.472 e. The van der Waals surface area contributed by atoms with Gasteiger partial charge in [0.05, 0.1) is 31.3 Å². The van der Waals surface area contributed by atoms with E-state index >= 15 is 0 Å². The molecule has 1 N–H and O–H groups in total. The molecule has 8 heteroatoms. The van der Waals surface area contributed by atoms with Gasteiger partial charge in [0, 0.05) is 28.0 Å². The number of fused-ring (bicyclic) bond motifs is 2. The fourth-order valence-electron chi connectivity index (χ4n) is 3.83. The molecule has 30 heavy (non-hydrogen) atoms. The summed E-state index contributed by atoms with van der Waals surface area (Å²) >= 11 is 7.80. The van der Waals surface area contributed by atoms with Crippen molar-refractivity contribution < 1.29 is 9.84 Å². The van der Waals surface area contributed by atoms with Crippen LogP contribution in [0.2, 0.25) is 5.02 Å². The first kappa shape index (κ1) is 19.1. The van der Waals surface area contributed by atoms with E-state index < -0.39 is 0 Å². The van der Waals surface area contributed by atoms with E-state index in [0.717, 1.165) is 43.9 Å². The fourth-order valence-corrected chi connectivity index (χ4v) is 4.73. The van der Waals surface area contributed by atoms with Crippen LogP contribution in [0.15, 0.2) is 48.7 Å². The number of benzene rings is 2. The summed E-state index contributed by atoms with van der Waals surface area (Å²) in [7, 11) is 1.59. The van der Waals surface area contributed by atoms with Gasteiger partial charge in [-0.25, -0.2) is 9.50 Å². The van der Waals surface area contributed by atoms with Crippen molar-refractivity contribution in [2.45, 2.75) is 20.1 Å². The largest absolute Gasteiger partial charge is 0.472 e. The molecule has 0 atom stereocenters. The zero-order valence-electron chi connectivity index (χ0n) is 16.5. The smallest absolute Gasteiger partial charge is 0.294 e. The summed E-state index contributed by atoms with van der Waals surface area (Å²) in [5.74, 6) is 0. The lowest BCUT2D eigenvalue weighted by Crippen LogP contribution is -2.05. The molecule has 0 spiro atoms. The Hall–Kier alpha value is -2.87. The van der Waals surface area contributed by atoms with E-state index in [2.05, 4.69) is 34.8 Å². The molecule has 2 aromatic carbocycles. The predicted octanol–water partition coefficient (Wildman–Crippen LogP) is 4.92. The Labute approximate surface area is 181 Å². The molecule has 0 aliphatic heterocycles. The maximum atomic E-state index is 10.4. The average Bonchev–Trinajstić information content (AvgIpc) is 3.38. The summed E-state index contributed by atoms with van der Waals surface area (Å²) in [6.45, 7) is 2.50. The number of aliphatic hydroxyl groups excluding tert-OH is 1. The Morgan fingerprint density at radius 3 is 2.77 bits per heavy atom. The Morgan fingerprint density at radius 1 is 1.20 bits per heavy atom. The minimum atomic E-state index is -0.116. The number of rotatable bonds is 5. The molecule has 0 saturated carbocycles. The van der Waals surface area contributed by atoms with Crippen LogP contribution >= 0.6 is 22.9 Å². The normalized spacial score (nSPS) is 11.6. The van der Waals surface area contributed by atoms with Gasteiger partial charge in [0.2, 0.25) is 4.96 Å². The number of imidazole rings is 1. The van der Waals surface area contributed by atoms with Crippen LogP contribution in [0.4, 0.5) is 0 Å². The Morgan fingerprint density at radius 2 is 2.03 bits per heavy atom. The van der Waals surface area contributed by atoms with Gasteiger partial charge in [-0.1, -0.05) is 41.4 Å². The van der Waals surface area contributed by atoms with Crippen LogP contribution in [0.25, 0.3) is 27.1 Å². The van der Waals surface area contributed by atoms with E-state index in [1.165, 1.54) is 11.3 Å². The molecule has 0 amide bonds. The summed E-state index contributed by atoms with van der Waals surface area (Å²) in [5, 5.41) is 17.1. The second kappa shape index (κ2) is 7.43. The lowest BCUT2D eigenvalue weighted by molar-refractivity contribution is 0.273. The van der Waals surface area contributed by atoms with Crippen molar-refractivity contribution in [3.63, 3.8) is 0 Å². The van der Waals surface area contributed by atoms with Crippen LogP contribution in [0.5, 0.6) is 5.19 Å². The summed E-state index contributed by atoms with van der Waals surface area (Å²) < 4.78 is 9.04. The molecule has 5 rings (SSSR count). The molecule has 0 aliphatic carbocycles. The zero-order chi connectivity index (χ0) is 20.8. The summed E-state index contributed by atoms with van der Waals surface area (Å²) in [6, 6.07) is 14.1. The van der Waals surface area contributed by atoms with Gasteiger partial charge in [-0.3, -0.25) is 0 Å². The van der Waals surface area contributed by atoms with E-state index in [0.29, 0.717) is 16.8 Å². The van der Waals surface area contributed by atoms with E-state index in [1.54, 1.807) is 11.6 Å². The molecule has 0 fully saturated rings. The predicted molar refractivity (Wildman–Crippen MR) is 120 cm³/mol. The Kier molecular flexibility index (Phi) is 4.73. The molecule has 0 saturated heterocycles. The maximum Gasteiger partial charge on any atom is 0.294 e. The summed E-state index contributed by atoms with van der Waals surface area (Å²) in [4.78, 5) is 5.51. The number of methoxy groups -OCH3 is 1. The van der Waals surface area contributed by atoms with Crippen molar-refractivity contribution in [2.75, 3.05) is 7.11 Å². The van der Waals surface area contributed by atoms with Gasteiger partial charge in [-0.05, 0) is 42.0 Å². The molecule has 3 aromatic heterocycles. The SMILES string of the molecule is COc1nn2cc(-c3c(CO)n(Cc4ccccc4Cl)c4ccc(C)cc34)nc2s1. The summed E-state index contributed by atoms with van der Waals surface area (Å²) in [6.07, 6.45) is 1.88. The van der Waals surface area contributed by atoms with Crippen molar-refractivity contribution in [3.05, 3.63) is 70.5 Å². The van der Waals surface area contributed by atoms with Crippen molar-refractivity contribution in [3.8, 4) is 16.5 Å². The summed E-state index contributed by atoms with van der Waals surface area (Å²) in [5.41, 5.74) is 5.66. The number of ether oxygens (including phenoxy) is 1. The Balaban J connectivity index is 1.75. The van der Waals surface area contributed by atoms with Crippen LogP contribution < -0.4 is 4.74 Å². The number of halogens is 1. The number of hydrogen-bond acceptors (Lipinski definition) is 5. The van der Waals surface area contributed by atoms with Crippen molar-refractivity contribution in [1.82, 2.24) is 19.2 Å². The third-order valence-corrected chi connectivity index (χ3v) is 6.47. The van der Waals surface area contributed by atoms with Gasteiger partial charge in [0.1, 0.15) is 0 Å². The number of aromatic nitrogens is 4. The third-order valence-electron chi connectivity index (χ3n) is 5.22. The molecule has 6 nitrogen and oxygen atoms in total. The number of aliphatic hydroxyl groups is 1. The molecule has 3 heterocycles. The van der Waals surface area contributed by atoms with Crippen LogP contribution in [0.1, 0.15) is 16.8 Å². The van der Waals surface area contributed by atoms with Gasteiger partial charge in [-0.15, -0.1) is 5.10 Å². The van der Waals surface area contributed by atoms with Gasteiger partial charge >= 0.3 is 0 Å². The first-order valence-electron chi connectivity index (χ1n) is 9.45. The van der Waals surface area contributed by atoms with Gasteiger partial charge in [0.25, 0.3) is 5.19 Å². The highest BCUT2D eigenvalue weighted by atomic mass is 35.5. The molecular formula is C22H19ClN4O2S. The standard InChI is InChI=1S/C22H19ClN4O2S/c1-13-7-8-18-15(9-13)20(17-11-27-21(24-17)30-22(25-27)29-2)19(12-28)26(18)10-14-5-3-4-6-16(14)23/h3-9,11,28H,10,12H2,1-2H3. The number of hydrogen-bond donors (Lipinski definition) is 1. The van der Waals surface area contributed by atoms with Crippen molar-refractivity contribution in [2.24, 2.45) is 0 Å². The maximum absolute atomic E-state index is 10.4. The van der Waals surface area contributed by atoms with Crippen molar-refractivity contribution >= 4 is 38.8 Å². The molecule has 152 valence electrons. The minimum absolute atomic E-state index is 0.116. The van der Waals surface area contributed by atoms with Crippen LogP contribution in [0.3, 0.4) is 0 Å². The zero-order valence-corrected chi connectivity index (χ0v) is 18.0. The monoisotopic (exact) mass is 438 g/mol. The van der Waals surface area contributed by atoms with Gasteiger partial charge in [-0.2, -0.15) is 0 Å². The van der Waals surface area contributed by atoms with E-state index in [1.807, 2.05) is 30.5 Å². The van der Waals surface area contributed by atoms with Gasteiger partial charge in [0.15, 0.2) is 0 Å². The highest BCUT2D eigenvalue weighted by molar-refractivity contribution is 7.18. The molecule has 0 bridgehead atoms. The Bertz CT molecular complexity index is 1350. The van der Waals surface area contributed by atoms with E-state index in [9.17, 15) is 5.11 Å². The number of nitrogens with zero attached hydrogens (tertiary/aromatic N) is 4.